The van der Waals surface area contributed by atoms with E-state index in [-0.39, 0.29) is 34.5 Å². The first-order valence-electron chi connectivity index (χ1n) is 12.5. The van der Waals surface area contributed by atoms with Crippen LogP contribution in [-0.4, -0.2) is 31.6 Å². The summed E-state index contributed by atoms with van der Waals surface area (Å²) in [5.74, 6) is 2.48. The van der Waals surface area contributed by atoms with Crippen molar-refractivity contribution in [3.05, 3.63) is 101 Å². The van der Waals surface area contributed by atoms with E-state index in [1.165, 1.54) is 0 Å². The van der Waals surface area contributed by atoms with Gasteiger partial charge in [0, 0.05) is 30.3 Å². The van der Waals surface area contributed by atoms with Gasteiger partial charge in [-0.15, -0.1) is 12.4 Å². The van der Waals surface area contributed by atoms with Crippen LogP contribution in [0.25, 0.3) is 22.6 Å². The minimum absolute atomic E-state index is 0. The lowest BCUT2D eigenvalue weighted by molar-refractivity contribution is 0.446. The van der Waals surface area contributed by atoms with Crippen molar-refractivity contribution >= 4 is 30.0 Å². The van der Waals surface area contributed by atoms with Crippen LogP contribution in [0.1, 0.15) is 25.2 Å². The van der Waals surface area contributed by atoms with Gasteiger partial charge >= 0.3 is 0 Å². The van der Waals surface area contributed by atoms with E-state index in [2.05, 4.69) is 40.2 Å². The van der Waals surface area contributed by atoms with Gasteiger partial charge < -0.3 is 25.9 Å². The van der Waals surface area contributed by atoms with Gasteiger partial charge in [0.05, 0.1) is 22.1 Å². The number of benzene rings is 3. The summed E-state index contributed by atoms with van der Waals surface area (Å²) in [6.45, 7) is 5.51. The lowest BCUT2D eigenvalue weighted by Gasteiger charge is -2.23. The molecule has 0 bridgehead atoms. The highest BCUT2D eigenvalue weighted by atomic mass is 35.5. The molecule has 0 saturated heterocycles. The molecule has 40 heavy (non-hydrogen) atoms. The molecule has 0 amide bonds. The van der Waals surface area contributed by atoms with E-state index in [1.54, 1.807) is 24.4 Å². The van der Waals surface area contributed by atoms with E-state index >= 15 is 0 Å². The molecule has 3 aromatic carbocycles. The fraction of sp³-hybridized carbons (Fsp3) is 0.167. The zero-order valence-corrected chi connectivity index (χ0v) is 23.6. The molecule has 2 heterocycles. The molecular formula is C30H30Cl2N6O2. The van der Waals surface area contributed by atoms with Crippen LogP contribution in [0.4, 0.5) is 5.95 Å². The smallest absolute Gasteiger partial charge is 0.220 e. The van der Waals surface area contributed by atoms with Crippen molar-refractivity contribution in [3.8, 4) is 39.9 Å². The summed E-state index contributed by atoms with van der Waals surface area (Å²) in [5, 5.41) is 14.0. The second kappa shape index (κ2) is 12.4. The van der Waals surface area contributed by atoms with Gasteiger partial charge in [-0.2, -0.15) is 0 Å². The number of nitrogens with zero attached hydrogens (tertiary/aromatic N) is 3. The Morgan fingerprint density at radius 3 is 2.50 bits per heavy atom. The number of halogens is 2. The largest absolute Gasteiger partial charge is 0.506 e. The zero-order valence-electron chi connectivity index (χ0n) is 22.1. The summed E-state index contributed by atoms with van der Waals surface area (Å²) in [7, 11) is 0. The third kappa shape index (κ3) is 6.71. The molecule has 0 saturated carbocycles. The predicted molar refractivity (Wildman–Crippen MR) is 161 cm³/mol. The maximum atomic E-state index is 10.2. The molecule has 0 aliphatic rings. The maximum absolute atomic E-state index is 10.2. The number of aromatic hydroxyl groups is 1. The average molecular weight is 578 g/mol. The molecule has 0 fully saturated rings. The number of rotatable bonds is 9. The molecule has 206 valence electrons. The normalized spacial score (nSPS) is 11.2. The fourth-order valence-corrected chi connectivity index (χ4v) is 4.33. The molecule has 0 aliphatic carbocycles. The second-order valence-corrected chi connectivity index (χ2v) is 10.2. The van der Waals surface area contributed by atoms with Gasteiger partial charge in [0.2, 0.25) is 5.95 Å². The zero-order chi connectivity index (χ0) is 27.4. The second-order valence-electron chi connectivity index (χ2n) is 9.83. The monoisotopic (exact) mass is 576 g/mol. The minimum Gasteiger partial charge on any atom is -0.506 e. The summed E-state index contributed by atoms with van der Waals surface area (Å²) in [6.07, 6.45) is 1.60. The van der Waals surface area contributed by atoms with Gasteiger partial charge in [-0.3, -0.25) is 0 Å². The van der Waals surface area contributed by atoms with Crippen LogP contribution in [0.2, 0.25) is 5.02 Å². The van der Waals surface area contributed by atoms with Gasteiger partial charge in [0.25, 0.3) is 0 Å². The van der Waals surface area contributed by atoms with Crippen molar-refractivity contribution in [2.75, 3.05) is 12.3 Å². The summed E-state index contributed by atoms with van der Waals surface area (Å²) in [5.41, 5.74) is 9.21. The SMILES string of the molecule is CC(C)(CNCc1cccc(Oc2ccccc2)c1)c1nc(-c2ccc(Cl)c(O)c2)c(-c2ccnc(N)n2)[nH]1.Cl. The third-order valence-corrected chi connectivity index (χ3v) is 6.59. The molecule has 0 aliphatic heterocycles. The molecule has 0 radical (unpaired) electrons. The van der Waals surface area contributed by atoms with Gasteiger partial charge in [0.15, 0.2) is 0 Å². The van der Waals surface area contributed by atoms with E-state index in [9.17, 15) is 5.11 Å². The van der Waals surface area contributed by atoms with Crippen molar-refractivity contribution in [2.24, 2.45) is 0 Å². The highest BCUT2D eigenvalue weighted by Gasteiger charge is 2.27. The first-order valence-corrected chi connectivity index (χ1v) is 12.9. The number of phenols is 1. The Kier molecular flexibility index (Phi) is 8.94. The van der Waals surface area contributed by atoms with Crippen LogP contribution in [0.15, 0.2) is 85.1 Å². The van der Waals surface area contributed by atoms with E-state index in [1.807, 2.05) is 54.6 Å². The highest BCUT2D eigenvalue weighted by Crippen LogP contribution is 2.36. The Bertz CT molecular complexity index is 1590. The number of imidazole rings is 1. The molecule has 5 aromatic rings. The van der Waals surface area contributed by atoms with Crippen LogP contribution in [0.3, 0.4) is 0 Å². The molecule has 2 aromatic heterocycles. The van der Waals surface area contributed by atoms with Crippen LogP contribution < -0.4 is 15.8 Å². The number of nitrogen functional groups attached to an aromatic ring is 1. The number of H-pyrrole nitrogens is 1. The van der Waals surface area contributed by atoms with Crippen LogP contribution >= 0.6 is 24.0 Å². The average Bonchev–Trinajstić information content (AvgIpc) is 3.38. The van der Waals surface area contributed by atoms with Crippen LogP contribution in [0, 0.1) is 0 Å². The third-order valence-electron chi connectivity index (χ3n) is 6.27. The van der Waals surface area contributed by atoms with E-state index in [0.29, 0.717) is 35.7 Å². The van der Waals surface area contributed by atoms with Crippen molar-refractivity contribution < 1.29 is 9.84 Å². The molecule has 8 nitrogen and oxygen atoms in total. The maximum Gasteiger partial charge on any atom is 0.220 e. The first kappa shape index (κ1) is 28.9. The molecular weight excluding hydrogens is 547 g/mol. The predicted octanol–water partition coefficient (Wildman–Crippen LogP) is 6.76. The topological polar surface area (TPSA) is 122 Å². The van der Waals surface area contributed by atoms with Crippen molar-refractivity contribution in [3.63, 3.8) is 0 Å². The summed E-state index contributed by atoms with van der Waals surface area (Å²) in [6, 6.07) is 24.6. The van der Waals surface area contributed by atoms with E-state index in [0.717, 1.165) is 22.9 Å². The number of aromatic amines is 1. The Morgan fingerprint density at radius 1 is 0.975 bits per heavy atom. The number of nitrogens with one attached hydrogen (secondary N) is 2. The Morgan fingerprint density at radius 2 is 1.75 bits per heavy atom. The Balaban J connectivity index is 0.00000370. The lowest BCUT2D eigenvalue weighted by atomic mass is 9.92. The highest BCUT2D eigenvalue weighted by molar-refractivity contribution is 6.32. The first-order chi connectivity index (χ1) is 18.8. The standard InChI is InChI=1S/C30H29ClN6O2.ClH/c1-30(2,18-33-17-19-7-6-10-22(15-19)39-21-8-4-3-5-9-21)28-36-26(20-11-12-23(31)25(38)16-20)27(37-28)24-13-14-34-29(32)35-24;/h3-16,33,38H,17-18H2,1-2H3,(H,36,37)(H2,32,34,35);1H. The van der Waals surface area contributed by atoms with E-state index < -0.39 is 0 Å². The number of anilines is 1. The Labute approximate surface area is 244 Å². The summed E-state index contributed by atoms with van der Waals surface area (Å²) < 4.78 is 5.97. The lowest BCUT2D eigenvalue weighted by Crippen LogP contribution is -2.33. The number of para-hydroxylation sites is 1. The number of nitrogens with two attached hydrogens (primary N) is 1. The van der Waals surface area contributed by atoms with Crippen LogP contribution in [-0.2, 0) is 12.0 Å². The van der Waals surface area contributed by atoms with Crippen molar-refractivity contribution in [2.45, 2.75) is 25.8 Å². The molecule has 0 atom stereocenters. The fourth-order valence-electron chi connectivity index (χ4n) is 4.21. The number of ether oxygens (including phenoxy) is 1. The number of phenolic OH excluding ortho intramolecular Hbond substituents is 1. The van der Waals surface area contributed by atoms with Gasteiger partial charge in [-0.1, -0.05) is 61.8 Å². The molecule has 5 rings (SSSR count). The van der Waals surface area contributed by atoms with Crippen molar-refractivity contribution in [1.29, 1.82) is 0 Å². The summed E-state index contributed by atoms with van der Waals surface area (Å²) in [4.78, 5) is 16.8. The minimum atomic E-state index is -0.377. The number of hydrogen-bond acceptors (Lipinski definition) is 7. The Hall–Kier alpha value is -4.11. The molecule has 10 heteroatoms. The van der Waals surface area contributed by atoms with Crippen molar-refractivity contribution in [1.82, 2.24) is 25.3 Å². The van der Waals surface area contributed by atoms with Gasteiger partial charge in [0.1, 0.15) is 23.1 Å². The van der Waals surface area contributed by atoms with Gasteiger partial charge in [-0.05, 0) is 48.0 Å². The molecule has 0 unspecified atom stereocenters. The van der Waals surface area contributed by atoms with Crippen LogP contribution in [0.5, 0.6) is 17.2 Å². The van der Waals surface area contributed by atoms with Gasteiger partial charge in [-0.25, -0.2) is 15.0 Å². The molecule has 5 N–H and O–H groups in total. The summed E-state index contributed by atoms with van der Waals surface area (Å²) >= 11 is 6.05. The van der Waals surface area contributed by atoms with E-state index in [4.69, 9.17) is 27.1 Å². The number of aromatic nitrogens is 4. The quantitative estimate of drug-likeness (QED) is 0.153. The molecule has 0 spiro atoms. The number of hydrogen-bond donors (Lipinski definition) is 4.